The van der Waals surface area contributed by atoms with E-state index >= 15 is 0 Å². The Bertz CT molecular complexity index is 196. The number of nitrogens with two attached hydrogens (primary N) is 1. The second-order valence-corrected chi connectivity index (χ2v) is 2.13. The summed E-state index contributed by atoms with van der Waals surface area (Å²) in [6.45, 7) is 7.46. The van der Waals surface area contributed by atoms with Gasteiger partial charge in [0.05, 0.1) is 5.71 Å². The first-order chi connectivity index (χ1) is 5.07. The molecule has 0 bridgehead atoms. The summed E-state index contributed by atoms with van der Waals surface area (Å²) in [5.41, 5.74) is 8.51. The van der Waals surface area contributed by atoms with E-state index in [2.05, 4.69) is 17.1 Å². The number of hydrogen-bond acceptors (Lipinski definition) is 2. The van der Waals surface area contributed by atoms with Crippen molar-refractivity contribution in [2.24, 2.45) is 10.8 Å². The maximum absolute atomic E-state index is 10.2. The maximum Gasteiger partial charge on any atom is 0.332 e. The van der Waals surface area contributed by atoms with Crippen LogP contribution in [-0.2, 0) is 0 Å². The average molecular weight is 155 g/mol. The summed E-state index contributed by atoms with van der Waals surface area (Å²) in [5, 5.41) is 3.69. The predicted octanol–water partition coefficient (Wildman–Crippen LogP) is 0.997. The molecule has 0 aliphatic carbocycles. The lowest BCUT2D eigenvalue weighted by Gasteiger charge is -2.00. The van der Waals surface area contributed by atoms with Crippen LogP contribution in [-0.4, -0.2) is 11.7 Å². The first-order valence-corrected chi connectivity index (χ1v) is 3.35. The summed E-state index contributed by atoms with van der Waals surface area (Å²) in [6, 6.07) is -0.659. The second-order valence-electron chi connectivity index (χ2n) is 2.13. The standard InChI is InChI=1S/C7H13N3O/c1-4-5(2)6(3)9-10-7(8)11/h2,4H2,1,3H3,(H3,8,10,11)/b9-6-. The molecule has 0 fully saturated rings. The van der Waals surface area contributed by atoms with Gasteiger partial charge < -0.3 is 5.73 Å². The van der Waals surface area contributed by atoms with Gasteiger partial charge in [-0.25, -0.2) is 10.2 Å². The smallest absolute Gasteiger partial charge is 0.332 e. The highest BCUT2D eigenvalue weighted by Gasteiger charge is 1.95. The Morgan fingerprint density at radius 2 is 2.27 bits per heavy atom. The van der Waals surface area contributed by atoms with Crippen LogP contribution in [0.3, 0.4) is 0 Å². The number of urea groups is 1. The van der Waals surface area contributed by atoms with E-state index < -0.39 is 6.03 Å². The molecule has 4 heteroatoms. The molecule has 0 saturated heterocycles. The summed E-state index contributed by atoms with van der Waals surface area (Å²) in [6.07, 6.45) is 0.815. The van der Waals surface area contributed by atoms with Gasteiger partial charge in [-0.1, -0.05) is 13.5 Å². The van der Waals surface area contributed by atoms with Gasteiger partial charge in [0.1, 0.15) is 0 Å². The van der Waals surface area contributed by atoms with E-state index in [1.807, 2.05) is 6.92 Å². The van der Waals surface area contributed by atoms with Gasteiger partial charge in [0.2, 0.25) is 0 Å². The molecule has 0 aliphatic heterocycles. The van der Waals surface area contributed by atoms with Gasteiger partial charge in [0.25, 0.3) is 0 Å². The van der Waals surface area contributed by atoms with Gasteiger partial charge in [0, 0.05) is 0 Å². The Hall–Kier alpha value is -1.32. The molecule has 11 heavy (non-hydrogen) atoms. The number of allylic oxidation sites excluding steroid dienone is 1. The highest BCUT2D eigenvalue weighted by Crippen LogP contribution is 1.98. The third kappa shape index (κ3) is 4.13. The van der Waals surface area contributed by atoms with Gasteiger partial charge in [-0.15, -0.1) is 0 Å². The van der Waals surface area contributed by atoms with E-state index in [-0.39, 0.29) is 0 Å². The number of hydrogen-bond donors (Lipinski definition) is 2. The predicted molar refractivity (Wildman–Crippen MR) is 45.3 cm³/mol. The Morgan fingerprint density at radius 1 is 1.73 bits per heavy atom. The number of hydrazone groups is 1. The molecule has 62 valence electrons. The van der Waals surface area contributed by atoms with Crippen LogP contribution in [0.5, 0.6) is 0 Å². The first-order valence-electron chi connectivity index (χ1n) is 3.35. The molecule has 0 radical (unpaired) electrons. The fourth-order valence-corrected chi connectivity index (χ4v) is 0.474. The molecule has 0 unspecified atom stereocenters. The lowest BCUT2D eigenvalue weighted by atomic mass is 10.1. The van der Waals surface area contributed by atoms with Crippen LogP contribution in [0.1, 0.15) is 20.3 Å². The van der Waals surface area contributed by atoms with Crippen LogP contribution in [0.15, 0.2) is 17.3 Å². The summed E-state index contributed by atoms with van der Waals surface area (Å²) >= 11 is 0. The third-order valence-corrected chi connectivity index (χ3v) is 1.27. The minimum Gasteiger partial charge on any atom is -0.350 e. The molecule has 0 heterocycles. The zero-order valence-corrected chi connectivity index (χ0v) is 6.85. The number of carbonyl (C=O) groups is 1. The van der Waals surface area contributed by atoms with E-state index in [1.54, 1.807) is 6.92 Å². The largest absolute Gasteiger partial charge is 0.350 e. The molecule has 0 saturated carbocycles. The van der Waals surface area contributed by atoms with Crippen LogP contribution in [0.25, 0.3) is 0 Å². The SMILES string of the molecule is C=C(CC)/C(C)=N\NC(N)=O. The number of amides is 2. The molecule has 0 aromatic rings. The zero-order valence-electron chi connectivity index (χ0n) is 6.85. The Kier molecular flexibility index (Phi) is 3.95. The number of nitrogens with zero attached hydrogens (tertiary/aromatic N) is 1. The topological polar surface area (TPSA) is 67.5 Å². The number of carbonyl (C=O) groups excluding carboxylic acids is 1. The molecule has 0 aromatic heterocycles. The Balaban J connectivity index is 4.00. The number of nitrogens with one attached hydrogen (secondary N) is 1. The van der Waals surface area contributed by atoms with Gasteiger partial charge in [0.15, 0.2) is 0 Å². The van der Waals surface area contributed by atoms with Crippen molar-refractivity contribution in [3.05, 3.63) is 12.2 Å². The minimum atomic E-state index is -0.659. The summed E-state index contributed by atoms with van der Waals surface area (Å²) < 4.78 is 0. The van der Waals surface area contributed by atoms with Crippen molar-refractivity contribution in [1.29, 1.82) is 0 Å². The lowest BCUT2D eigenvalue weighted by Crippen LogP contribution is -2.25. The van der Waals surface area contributed by atoms with Gasteiger partial charge >= 0.3 is 6.03 Å². The lowest BCUT2D eigenvalue weighted by molar-refractivity contribution is 0.249. The maximum atomic E-state index is 10.2. The fraction of sp³-hybridized carbons (Fsp3) is 0.429. The van der Waals surface area contributed by atoms with E-state index in [9.17, 15) is 4.79 Å². The van der Waals surface area contributed by atoms with Crippen LogP contribution < -0.4 is 11.2 Å². The summed E-state index contributed by atoms with van der Waals surface area (Å²) in [7, 11) is 0. The van der Waals surface area contributed by atoms with Crippen molar-refractivity contribution in [2.45, 2.75) is 20.3 Å². The van der Waals surface area contributed by atoms with Crippen molar-refractivity contribution in [3.8, 4) is 0 Å². The molecule has 2 amide bonds. The zero-order chi connectivity index (χ0) is 8.85. The Morgan fingerprint density at radius 3 is 2.64 bits per heavy atom. The Labute approximate surface area is 66.2 Å². The molecular weight excluding hydrogens is 142 g/mol. The van der Waals surface area contributed by atoms with Crippen LogP contribution in [0.2, 0.25) is 0 Å². The van der Waals surface area contributed by atoms with E-state index in [4.69, 9.17) is 5.73 Å². The monoisotopic (exact) mass is 155 g/mol. The van der Waals surface area contributed by atoms with E-state index in [1.165, 1.54) is 0 Å². The highest BCUT2D eigenvalue weighted by molar-refractivity contribution is 5.97. The highest BCUT2D eigenvalue weighted by atomic mass is 16.2. The summed E-state index contributed by atoms with van der Waals surface area (Å²) in [4.78, 5) is 10.2. The molecule has 0 aromatic carbocycles. The first kappa shape index (κ1) is 9.68. The van der Waals surface area contributed by atoms with Crippen molar-refractivity contribution in [1.82, 2.24) is 5.43 Å². The normalized spacial score (nSPS) is 10.9. The number of rotatable bonds is 3. The molecule has 3 N–H and O–H groups in total. The molecule has 0 rings (SSSR count). The van der Waals surface area contributed by atoms with Gasteiger partial charge in [-0.3, -0.25) is 0 Å². The molecule has 0 atom stereocenters. The van der Waals surface area contributed by atoms with Crippen molar-refractivity contribution < 1.29 is 4.79 Å². The van der Waals surface area contributed by atoms with Crippen LogP contribution in [0, 0.1) is 0 Å². The number of primary amides is 1. The fourth-order valence-electron chi connectivity index (χ4n) is 0.474. The van der Waals surface area contributed by atoms with E-state index in [0.29, 0.717) is 5.71 Å². The van der Waals surface area contributed by atoms with Crippen molar-refractivity contribution in [3.63, 3.8) is 0 Å². The third-order valence-electron chi connectivity index (χ3n) is 1.27. The summed E-state index contributed by atoms with van der Waals surface area (Å²) in [5.74, 6) is 0. The van der Waals surface area contributed by atoms with Crippen molar-refractivity contribution >= 4 is 11.7 Å². The van der Waals surface area contributed by atoms with Crippen LogP contribution >= 0.6 is 0 Å². The molecule has 4 nitrogen and oxygen atoms in total. The molecule has 0 spiro atoms. The van der Waals surface area contributed by atoms with Gasteiger partial charge in [-0.2, -0.15) is 5.10 Å². The van der Waals surface area contributed by atoms with Crippen LogP contribution in [0.4, 0.5) is 4.79 Å². The average Bonchev–Trinajstić information content (AvgIpc) is 1.98. The van der Waals surface area contributed by atoms with Crippen molar-refractivity contribution in [2.75, 3.05) is 0 Å². The quantitative estimate of drug-likeness (QED) is 0.463. The molecular formula is C7H13N3O. The minimum absolute atomic E-state index is 0.659. The molecule has 0 aliphatic rings. The second kappa shape index (κ2) is 4.49. The van der Waals surface area contributed by atoms with Gasteiger partial charge in [-0.05, 0) is 18.9 Å². The van der Waals surface area contributed by atoms with E-state index in [0.717, 1.165) is 12.0 Å².